The molecule has 0 heterocycles. The van der Waals surface area contributed by atoms with Crippen LogP contribution in [0.2, 0.25) is 0 Å². The summed E-state index contributed by atoms with van der Waals surface area (Å²) in [7, 11) is 0. The number of carbonyl (C=O) groups is 1. The molecule has 1 saturated carbocycles. The zero-order valence-electron chi connectivity index (χ0n) is 11.5. The molecule has 18 heavy (non-hydrogen) atoms. The van der Waals surface area contributed by atoms with Crippen LogP contribution in [-0.4, -0.2) is 24.5 Å². The number of hydrogen-bond acceptors (Lipinski definition) is 3. The van der Waals surface area contributed by atoms with E-state index in [2.05, 4.69) is 5.32 Å². The number of nitrogens with two attached hydrogens (primary N) is 2. The first-order chi connectivity index (χ1) is 8.70. The Bertz CT molecular complexity index is 221. The molecule has 1 aliphatic rings. The highest BCUT2D eigenvalue weighted by Crippen LogP contribution is 2.16. The van der Waals surface area contributed by atoms with Crippen molar-refractivity contribution in [2.75, 3.05) is 6.54 Å². The smallest absolute Gasteiger partial charge is 0.235 e. The monoisotopic (exact) mass is 255 g/mol. The van der Waals surface area contributed by atoms with Gasteiger partial charge in [-0.25, -0.2) is 0 Å². The van der Waals surface area contributed by atoms with E-state index < -0.39 is 11.9 Å². The number of primary amides is 1. The van der Waals surface area contributed by atoms with Gasteiger partial charge in [-0.2, -0.15) is 0 Å². The van der Waals surface area contributed by atoms with Crippen molar-refractivity contribution in [2.24, 2.45) is 11.5 Å². The van der Waals surface area contributed by atoms with Gasteiger partial charge in [0.1, 0.15) is 0 Å². The number of carbonyl (C=O) groups excluding carboxylic acids is 1. The molecule has 0 unspecified atom stereocenters. The Morgan fingerprint density at radius 3 is 1.89 bits per heavy atom. The first kappa shape index (κ1) is 15.4. The summed E-state index contributed by atoms with van der Waals surface area (Å²) in [6, 6.07) is -0.0447. The molecular formula is C14H29N3O. The van der Waals surface area contributed by atoms with E-state index in [1.54, 1.807) is 0 Å². The molecule has 4 heteroatoms. The Labute approximate surface area is 111 Å². The minimum Gasteiger partial charge on any atom is -0.368 e. The molecule has 0 aromatic heterocycles. The zero-order valence-corrected chi connectivity index (χ0v) is 11.5. The predicted octanol–water partition coefficient (Wildman–Crippen LogP) is 1.67. The lowest BCUT2D eigenvalue weighted by atomic mass is 10.0. The van der Waals surface area contributed by atoms with Crippen LogP contribution in [-0.2, 0) is 4.79 Å². The van der Waals surface area contributed by atoms with Crippen molar-refractivity contribution in [3.8, 4) is 0 Å². The van der Waals surface area contributed by atoms with E-state index >= 15 is 0 Å². The van der Waals surface area contributed by atoms with Crippen LogP contribution >= 0.6 is 0 Å². The van der Waals surface area contributed by atoms with Gasteiger partial charge in [0.15, 0.2) is 0 Å². The van der Waals surface area contributed by atoms with Gasteiger partial charge < -0.3 is 16.8 Å². The van der Waals surface area contributed by atoms with Gasteiger partial charge in [0.25, 0.3) is 0 Å². The molecule has 0 aliphatic heterocycles. The van der Waals surface area contributed by atoms with Crippen molar-refractivity contribution in [3.05, 3.63) is 0 Å². The maximum Gasteiger partial charge on any atom is 0.235 e. The highest BCUT2D eigenvalue weighted by atomic mass is 16.1. The third-order valence-corrected chi connectivity index (χ3v) is 3.85. The molecule has 1 fully saturated rings. The molecule has 4 nitrogen and oxygen atoms in total. The minimum absolute atomic E-state index is 0.417. The summed E-state index contributed by atoms with van der Waals surface area (Å²) in [5, 5.41) is 3.41. The Hall–Kier alpha value is -0.610. The average Bonchev–Trinajstić information content (AvgIpc) is 2.41. The molecule has 106 valence electrons. The van der Waals surface area contributed by atoms with Gasteiger partial charge in [-0.1, -0.05) is 51.4 Å². The van der Waals surface area contributed by atoms with Crippen LogP contribution in [0, 0.1) is 0 Å². The van der Waals surface area contributed by atoms with Crippen molar-refractivity contribution in [2.45, 2.75) is 76.3 Å². The second-order valence-corrected chi connectivity index (χ2v) is 5.52. The van der Waals surface area contributed by atoms with Gasteiger partial charge in [0.2, 0.25) is 5.91 Å². The standard InChI is InChI=1S/C14H29N3O/c15-13(14(16)18)11-17-12-9-7-5-3-1-2-4-6-8-10-12/h12-13,17H,1-11,15H2,(H2,16,18)/t13-/m0/s1. The molecule has 0 spiro atoms. The Morgan fingerprint density at radius 2 is 1.44 bits per heavy atom. The summed E-state index contributed by atoms with van der Waals surface area (Å²) in [5.41, 5.74) is 10.8. The van der Waals surface area contributed by atoms with Crippen LogP contribution in [0.5, 0.6) is 0 Å². The zero-order chi connectivity index (χ0) is 13.2. The lowest BCUT2D eigenvalue weighted by Crippen LogP contribution is -2.47. The van der Waals surface area contributed by atoms with Crippen molar-refractivity contribution in [1.29, 1.82) is 0 Å². The second kappa shape index (κ2) is 9.34. The highest BCUT2D eigenvalue weighted by molar-refractivity contribution is 5.79. The molecule has 1 aliphatic carbocycles. The Balaban J connectivity index is 2.27. The van der Waals surface area contributed by atoms with Crippen molar-refractivity contribution >= 4 is 5.91 Å². The van der Waals surface area contributed by atoms with Crippen molar-refractivity contribution < 1.29 is 4.79 Å². The van der Waals surface area contributed by atoms with Crippen LogP contribution < -0.4 is 16.8 Å². The van der Waals surface area contributed by atoms with Gasteiger partial charge in [-0.05, 0) is 12.8 Å². The normalized spacial score (nSPS) is 22.1. The fourth-order valence-corrected chi connectivity index (χ4v) is 2.58. The van der Waals surface area contributed by atoms with Crippen LogP contribution in [0.4, 0.5) is 0 Å². The second-order valence-electron chi connectivity index (χ2n) is 5.52. The van der Waals surface area contributed by atoms with E-state index in [1.807, 2.05) is 0 Å². The topological polar surface area (TPSA) is 81.1 Å². The molecule has 0 radical (unpaired) electrons. The largest absolute Gasteiger partial charge is 0.368 e. The molecule has 1 amide bonds. The summed E-state index contributed by atoms with van der Waals surface area (Å²) in [6.07, 6.45) is 13.2. The first-order valence-corrected chi connectivity index (χ1v) is 7.48. The Morgan fingerprint density at radius 1 is 1.00 bits per heavy atom. The third-order valence-electron chi connectivity index (χ3n) is 3.85. The maximum absolute atomic E-state index is 10.9. The van der Waals surface area contributed by atoms with Gasteiger partial charge >= 0.3 is 0 Å². The molecule has 1 atom stereocenters. The van der Waals surface area contributed by atoms with Crippen molar-refractivity contribution in [3.63, 3.8) is 0 Å². The SMILES string of the molecule is NC(=O)[C@@H](N)CNC1CCCCCCCCCC1. The molecule has 1 rings (SSSR count). The summed E-state index contributed by atoms with van der Waals surface area (Å²) < 4.78 is 0. The maximum atomic E-state index is 10.9. The highest BCUT2D eigenvalue weighted by Gasteiger charge is 2.13. The molecule has 5 N–H and O–H groups in total. The van der Waals surface area contributed by atoms with Gasteiger partial charge in [-0.3, -0.25) is 4.79 Å². The van der Waals surface area contributed by atoms with Gasteiger partial charge in [0, 0.05) is 12.6 Å². The van der Waals surface area contributed by atoms with E-state index in [4.69, 9.17) is 11.5 Å². The lowest BCUT2D eigenvalue weighted by molar-refractivity contribution is -0.119. The van der Waals surface area contributed by atoms with E-state index in [0.29, 0.717) is 12.6 Å². The van der Waals surface area contributed by atoms with Crippen LogP contribution in [0.1, 0.15) is 64.2 Å². The summed E-state index contributed by atoms with van der Waals surface area (Å²) in [5.74, 6) is -0.417. The summed E-state index contributed by atoms with van der Waals surface area (Å²) >= 11 is 0. The van der Waals surface area contributed by atoms with E-state index in [1.165, 1.54) is 64.2 Å². The number of rotatable bonds is 4. The Kier molecular flexibility index (Phi) is 8.01. The average molecular weight is 255 g/mol. The fourth-order valence-electron chi connectivity index (χ4n) is 2.58. The van der Waals surface area contributed by atoms with Crippen molar-refractivity contribution in [1.82, 2.24) is 5.32 Å². The third kappa shape index (κ3) is 6.97. The van der Waals surface area contributed by atoms with Crippen LogP contribution in [0.25, 0.3) is 0 Å². The molecular weight excluding hydrogens is 226 g/mol. The van der Waals surface area contributed by atoms with E-state index in [0.717, 1.165) is 0 Å². The van der Waals surface area contributed by atoms with Gasteiger partial charge in [-0.15, -0.1) is 0 Å². The molecule has 0 aromatic rings. The van der Waals surface area contributed by atoms with Gasteiger partial charge in [0.05, 0.1) is 6.04 Å². The molecule has 0 bridgehead atoms. The van der Waals surface area contributed by atoms with Crippen LogP contribution in [0.3, 0.4) is 0 Å². The number of hydrogen-bond donors (Lipinski definition) is 3. The summed E-state index contributed by atoms with van der Waals surface area (Å²) in [6.45, 7) is 0.514. The van der Waals surface area contributed by atoms with E-state index in [-0.39, 0.29) is 0 Å². The van der Waals surface area contributed by atoms with Crippen LogP contribution in [0.15, 0.2) is 0 Å². The molecule has 0 aromatic carbocycles. The fraction of sp³-hybridized carbons (Fsp3) is 0.929. The quantitative estimate of drug-likeness (QED) is 0.715. The van der Waals surface area contributed by atoms with E-state index in [9.17, 15) is 4.79 Å². The number of amides is 1. The minimum atomic E-state index is -0.553. The number of nitrogens with one attached hydrogen (secondary N) is 1. The first-order valence-electron chi connectivity index (χ1n) is 7.48. The lowest BCUT2D eigenvalue weighted by Gasteiger charge is -2.20. The molecule has 0 saturated heterocycles. The summed E-state index contributed by atoms with van der Waals surface area (Å²) in [4.78, 5) is 10.9. The predicted molar refractivity (Wildman–Crippen MR) is 75.1 cm³/mol.